The van der Waals surface area contributed by atoms with Gasteiger partial charge < -0.3 is 9.47 Å². The van der Waals surface area contributed by atoms with Gasteiger partial charge in [-0.25, -0.2) is 0 Å². The first-order valence-electron chi connectivity index (χ1n) is 9.76. The number of ether oxygens (including phenoxy) is 2. The zero-order chi connectivity index (χ0) is 20.8. The van der Waals surface area contributed by atoms with Gasteiger partial charge in [-0.15, -0.1) is 0 Å². The molecule has 3 aromatic rings. The second kappa shape index (κ2) is 9.65. The lowest BCUT2D eigenvalue weighted by Gasteiger charge is -2.11. The second-order valence-electron chi connectivity index (χ2n) is 6.79. The quantitative estimate of drug-likeness (QED) is 0.500. The third-order valence-corrected chi connectivity index (χ3v) is 5.49. The summed E-state index contributed by atoms with van der Waals surface area (Å²) < 4.78 is 12.9. The Morgan fingerprint density at radius 3 is 2.69 bits per heavy atom. The molecule has 3 rings (SSSR count). The van der Waals surface area contributed by atoms with Crippen LogP contribution in [0.5, 0.6) is 11.5 Å². The van der Waals surface area contributed by atoms with Crippen LogP contribution in [0.25, 0.3) is 11.0 Å². The zero-order valence-electron chi connectivity index (χ0n) is 16.9. The number of aromatic nitrogens is 3. The molecule has 0 amide bonds. The average molecular weight is 416 g/mol. The number of thiazole rings is 1. The Kier molecular flexibility index (Phi) is 6.98. The van der Waals surface area contributed by atoms with Crippen LogP contribution >= 0.6 is 11.3 Å². The third kappa shape index (κ3) is 5.00. The summed E-state index contributed by atoms with van der Waals surface area (Å²) in [5.41, 5.74) is 0.268. The van der Waals surface area contributed by atoms with E-state index in [4.69, 9.17) is 9.47 Å². The Bertz CT molecular complexity index is 1150. The minimum Gasteiger partial charge on any atom is -0.493 e. The highest BCUT2D eigenvalue weighted by molar-refractivity contribution is 7.15. The molecule has 2 aromatic heterocycles. The standard InChI is InChI=1S/C21H25N3O4S/c1-4-5-6-7-8-11-28-16-10-9-15(12-17(16)27-3)13-18-20(26)24-21(29-18)22-19(25)14(2)23-24/h9-10,12-13H,4-8,11H2,1-3H3/b18-13-. The molecule has 0 saturated carbocycles. The van der Waals surface area contributed by atoms with E-state index in [0.29, 0.717) is 22.6 Å². The van der Waals surface area contributed by atoms with Gasteiger partial charge in [0.25, 0.3) is 11.1 Å². The molecular weight excluding hydrogens is 390 g/mol. The summed E-state index contributed by atoms with van der Waals surface area (Å²) in [7, 11) is 1.59. The first kappa shape index (κ1) is 21.0. The number of unbranched alkanes of at least 4 members (excludes halogenated alkanes) is 4. The van der Waals surface area contributed by atoms with Crippen LogP contribution in [0.1, 0.15) is 50.3 Å². The average Bonchev–Trinajstić information content (AvgIpc) is 3.00. The molecule has 0 fully saturated rings. The number of aryl methyl sites for hydroxylation is 1. The van der Waals surface area contributed by atoms with E-state index in [-0.39, 0.29) is 16.2 Å². The fraction of sp³-hybridized carbons (Fsp3) is 0.429. The fourth-order valence-corrected chi connectivity index (χ4v) is 3.82. The molecule has 0 unspecified atom stereocenters. The van der Waals surface area contributed by atoms with Crippen LogP contribution in [0.3, 0.4) is 0 Å². The molecule has 0 N–H and O–H groups in total. The molecule has 0 radical (unpaired) electrons. The van der Waals surface area contributed by atoms with E-state index in [1.165, 1.54) is 30.7 Å². The maximum absolute atomic E-state index is 12.5. The Hall–Kier alpha value is -2.74. The van der Waals surface area contributed by atoms with E-state index >= 15 is 0 Å². The van der Waals surface area contributed by atoms with Crippen molar-refractivity contribution in [2.24, 2.45) is 0 Å². The summed E-state index contributed by atoms with van der Waals surface area (Å²) in [5.74, 6) is 1.30. The maximum Gasteiger partial charge on any atom is 0.295 e. The number of rotatable bonds is 9. The van der Waals surface area contributed by atoms with Crippen LogP contribution in [-0.4, -0.2) is 28.3 Å². The molecule has 29 heavy (non-hydrogen) atoms. The SMILES string of the molecule is CCCCCCCOc1ccc(/C=c2\sc3nc(=O)c(C)nn3c2=O)cc1OC. The van der Waals surface area contributed by atoms with Gasteiger partial charge >= 0.3 is 0 Å². The lowest BCUT2D eigenvalue weighted by atomic mass is 10.1. The molecule has 0 saturated heterocycles. The summed E-state index contributed by atoms with van der Waals surface area (Å²) in [4.78, 5) is 28.4. The van der Waals surface area contributed by atoms with Crippen molar-refractivity contribution in [1.29, 1.82) is 0 Å². The zero-order valence-corrected chi connectivity index (χ0v) is 17.8. The second-order valence-corrected chi connectivity index (χ2v) is 7.79. The van der Waals surface area contributed by atoms with E-state index < -0.39 is 5.56 Å². The van der Waals surface area contributed by atoms with Gasteiger partial charge in [0, 0.05) is 0 Å². The highest BCUT2D eigenvalue weighted by Crippen LogP contribution is 2.28. The highest BCUT2D eigenvalue weighted by Gasteiger charge is 2.09. The van der Waals surface area contributed by atoms with Crippen molar-refractivity contribution in [1.82, 2.24) is 14.6 Å². The maximum atomic E-state index is 12.5. The van der Waals surface area contributed by atoms with Crippen molar-refractivity contribution in [2.45, 2.75) is 46.0 Å². The number of hydrogen-bond donors (Lipinski definition) is 0. The van der Waals surface area contributed by atoms with Crippen molar-refractivity contribution < 1.29 is 9.47 Å². The van der Waals surface area contributed by atoms with E-state index in [0.717, 1.165) is 29.7 Å². The van der Waals surface area contributed by atoms with Crippen LogP contribution in [0.4, 0.5) is 0 Å². The Morgan fingerprint density at radius 2 is 1.93 bits per heavy atom. The molecule has 1 aromatic carbocycles. The molecule has 0 aliphatic heterocycles. The van der Waals surface area contributed by atoms with Gasteiger partial charge in [0.2, 0.25) is 4.96 Å². The van der Waals surface area contributed by atoms with Crippen molar-refractivity contribution in [3.05, 3.63) is 54.7 Å². The van der Waals surface area contributed by atoms with Gasteiger partial charge in [-0.1, -0.05) is 50.0 Å². The van der Waals surface area contributed by atoms with E-state index in [2.05, 4.69) is 17.0 Å². The summed E-state index contributed by atoms with van der Waals surface area (Å²) >= 11 is 1.13. The minimum absolute atomic E-state index is 0.196. The first-order valence-corrected chi connectivity index (χ1v) is 10.6. The molecule has 0 aliphatic rings. The first-order chi connectivity index (χ1) is 14.0. The Morgan fingerprint density at radius 1 is 1.14 bits per heavy atom. The van der Waals surface area contributed by atoms with Crippen LogP contribution in [0.15, 0.2) is 27.8 Å². The lowest BCUT2D eigenvalue weighted by Crippen LogP contribution is -2.27. The van der Waals surface area contributed by atoms with Crippen molar-refractivity contribution in [2.75, 3.05) is 13.7 Å². The minimum atomic E-state index is -0.421. The fourth-order valence-electron chi connectivity index (χ4n) is 2.92. The lowest BCUT2D eigenvalue weighted by molar-refractivity contribution is 0.285. The van der Waals surface area contributed by atoms with Gasteiger partial charge in [0.05, 0.1) is 18.2 Å². The molecular formula is C21H25N3O4S. The van der Waals surface area contributed by atoms with E-state index in [9.17, 15) is 9.59 Å². The van der Waals surface area contributed by atoms with E-state index in [1.54, 1.807) is 13.2 Å². The summed E-state index contributed by atoms with van der Waals surface area (Å²) in [6.45, 7) is 4.38. The molecule has 0 bridgehead atoms. The topological polar surface area (TPSA) is 82.8 Å². The van der Waals surface area contributed by atoms with Crippen LogP contribution in [0, 0.1) is 6.92 Å². The Balaban J connectivity index is 1.81. The normalized spacial score (nSPS) is 11.9. The predicted octanol–water partition coefficient (Wildman–Crippen LogP) is 2.73. The van der Waals surface area contributed by atoms with Gasteiger partial charge in [-0.05, 0) is 37.1 Å². The van der Waals surface area contributed by atoms with Gasteiger partial charge in [-0.2, -0.15) is 14.6 Å². The van der Waals surface area contributed by atoms with Crippen molar-refractivity contribution >= 4 is 22.4 Å². The molecule has 0 spiro atoms. The number of benzene rings is 1. The largest absolute Gasteiger partial charge is 0.493 e. The van der Waals surface area contributed by atoms with Gasteiger partial charge in [-0.3, -0.25) is 9.59 Å². The molecule has 2 heterocycles. The summed E-state index contributed by atoms with van der Waals surface area (Å²) in [6.07, 6.45) is 7.61. The molecule has 7 nitrogen and oxygen atoms in total. The highest BCUT2D eigenvalue weighted by atomic mass is 32.1. The summed E-state index contributed by atoms with van der Waals surface area (Å²) in [5, 5.41) is 4.02. The van der Waals surface area contributed by atoms with Crippen LogP contribution in [-0.2, 0) is 0 Å². The number of nitrogens with zero attached hydrogens (tertiary/aromatic N) is 3. The smallest absolute Gasteiger partial charge is 0.295 e. The molecule has 0 atom stereocenters. The predicted molar refractivity (Wildman–Crippen MR) is 114 cm³/mol. The Labute approximate surface area is 172 Å². The molecule has 8 heteroatoms. The van der Waals surface area contributed by atoms with Crippen LogP contribution in [0.2, 0.25) is 0 Å². The molecule has 154 valence electrons. The van der Waals surface area contributed by atoms with Crippen molar-refractivity contribution in [3.8, 4) is 11.5 Å². The summed E-state index contributed by atoms with van der Waals surface area (Å²) in [6, 6.07) is 5.54. The van der Waals surface area contributed by atoms with Crippen molar-refractivity contribution in [3.63, 3.8) is 0 Å². The van der Waals surface area contributed by atoms with Gasteiger partial charge in [0.15, 0.2) is 11.5 Å². The van der Waals surface area contributed by atoms with E-state index in [1.807, 2.05) is 18.2 Å². The monoisotopic (exact) mass is 415 g/mol. The van der Waals surface area contributed by atoms with Crippen LogP contribution < -0.4 is 25.1 Å². The van der Waals surface area contributed by atoms with Gasteiger partial charge in [0.1, 0.15) is 5.69 Å². The molecule has 0 aliphatic carbocycles. The number of fused-ring (bicyclic) bond motifs is 1. The number of methoxy groups -OCH3 is 1. The third-order valence-electron chi connectivity index (χ3n) is 4.53. The number of hydrogen-bond acceptors (Lipinski definition) is 7.